The molecule has 5 rings (SSSR count). The summed E-state index contributed by atoms with van der Waals surface area (Å²) >= 11 is 0. The summed E-state index contributed by atoms with van der Waals surface area (Å²) in [6.45, 7) is 8.70. The maximum absolute atomic E-state index is 3.94. The standard InChI is InChI=1S/C18H31N/c1-4-19-15(14-5-6-14)18-9-13-7-16(2,11-18)10-17(3,8-13)12-18/h13-15,19H,4-12H2,1-3H3. The van der Waals surface area contributed by atoms with Gasteiger partial charge >= 0.3 is 0 Å². The van der Waals surface area contributed by atoms with Crippen molar-refractivity contribution < 1.29 is 0 Å². The van der Waals surface area contributed by atoms with Crippen molar-refractivity contribution in [3.8, 4) is 0 Å². The minimum absolute atomic E-state index is 0.667. The molecule has 19 heavy (non-hydrogen) atoms. The van der Waals surface area contributed by atoms with Gasteiger partial charge in [0, 0.05) is 6.04 Å². The Labute approximate surface area is 118 Å². The fraction of sp³-hybridized carbons (Fsp3) is 1.00. The van der Waals surface area contributed by atoms with Crippen molar-refractivity contribution in [1.82, 2.24) is 5.32 Å². The fourth-order valence-corrected chi connectivity index (χ4v) is 7.42. The van der Waals surface area contributed by atoms with Crippen LogP contribution in [0.5, 0.6) is 0 Å². The van der Waals surface area contributed by atoms with Gasteiger partial charge in [0.25, 0.3) is 0 Å². The van der Waals surface area contributed by atoms with Gasteiger partial charge in [0.2, 0.25) is 0 Å². The van der Waals surface area contributed by atoms with Crippen molar-refractivity contribution in [3.63, 3.8) is 0 Å². The largest absolute Gasteiger partial charge is 0.313 e. The molecule has 4 bridgehead atoms. The first-order valence-corrected chi connectivity index (χ1v) is 8.69. The van der Waals surface area contributed by atoms with E-state index in [0.717, 1.165) is 17.9 Å². The van der Waals surface area contributed by atoms with Crippen molar-refractivity contribution in [2.75, 3.05) is 6.54 Å². The smallest absolute Gasteiger partial charge is 0.0152 e. The molecular formula is C18H31N. The van der Waals surface area contributed by atoms with Crippen molar-refractivity contribution in [3.05, 3.63) is 0 Å². The first-order chi connectivity index (χ1) is 8.96. The Kier molecular flexibility index (Phi) is 2.52. The van der Waals surface area contributed by atoms with Gasteiger partial charge < -0.3 is 5.32 Å². The van der Waals surface area contributed by atoms with Crippen LogP contribution in [0.3, 0.4) is 0 Å². The molecule has 3 unspecified atom stereocenters. The van der Waals surface area contributed by atoms with E-state index in [2.05, 4.69) is 26.1 Å². The summed E-state index contributed by atoms with van der Waals surface area (Å²) in [4.78, 5) is 0. The highest BCUT2D eigenvalue weighted by Gasteiger charge is 2.63. The number of hydrogen-bond donors (Lipinski definition) is 1. The fourth-order valence-electron chi connectivity index (χ4n) is 7.42. The van der Waals surface area contributed by atoms with Gasteiger partial charge in [-0.15, -0.1) is 0 Å². The lowest BCUT2D eigenvalue weighted by Gasteiger charge is -2.67. The predicted octanol–water partition coefficient (Wildman–Crippen LogP) is 4.37. The normalized spacial score (nSPS) is 53.5. The van der Waals surface area contributed by atoms with Crippen LogP contribution < -0.4 is 5.32 Å². The summed E-state index contributed by atoms with van der Waals surface area (Å²) in [6, 6.07) is 0.847. The summed E-state index contributed by atoms with van der Waals surface area (Å²) in [7, 11) is 0. The van der Waals surface area contributed by atoms with Crippen molar-refractivity contribution in [2.45, 2.75) is 78.2 Å². The average Bonchev–Trinajstić information content (AvgIpc) is 3.03. The second-order valence-electron chi connectivity index (χ2n) is 9.37. The Balaban J connectivity index is 1.69. The topological polar surface area (TPSA) is 12.0 Å². The molecule has 0 amide bonds. The maximum Gasteiger partial charge on any atom is 0.0152 e. The van der Waals surface area contributed by atoms with Crippen molar-refractivity contribution in [1.29, 1.82) is 0 Å². The highest BCUT2D eigenvalue weighted by molar-refractivity contribution is 5.15. The van der Waals surface area contributed by atoms with E-state index < -0.39 is 0 Å². The van der Waals surface area contributed by atoms with E-state index in [1.165, 1.54) is 51.5 Å². The monoisotopic (exact) mass is 261 g/mol. The van der Waals surface area contributed by atoms with Crippen LogP contribution in [0.15, 0.2) is 0 Å². The molecule has 0 spiro atoms. The van der Waals surface area contributed by atoms with E-state index in [0.29, 0.717) is 16.2 Å². The quantitative estimate of drug-likeness (QED) is 0.792. The summed E-state index contributed by atoms with van der Waals surface area (Å²) in [5.74, 6) is 2.06. The molecule has 108 valence electrons. The number of hydrogen-bond acceptors (Lipinski definition) is 1. The molecule has 0 radical (unpaired) electrons. The summed E-state index contributed by atoms with van der Waals surface area (Å²) < 4.78 is 0. The van der Waals surface area contributed by atoms with E-state index in [9.17, 15) is 0 Å². The van der Waals surface area contributed by atoms with Gasteiger partial charge in [-0.25, -0.2) is 0 Å². The minimum Gasteiger partial charge on any atom is -0.313 e. The molecule has 0 aromatic heterocycles. The van der Waals surface area contributed by atoms with Gasteiger partial charge in [0.05, 0.1) is 0 Å². The van der Waals surface area contributed by atoms with Gasteiger partial charge in [-0.3, -0.25) is 0 Å². The Hall–Kier alpha value is -0.0400. The van der Waals surface area contributed by atoms with Crippen LogP contribution in [0.1, 0.15) is 72.1 Å². The summed E-state index contributed by atoms with van der Waals surface area (Å²) in [5.41, 5.74) is 2.02. The SMILES string of the molecule is CCNC(C1CC1)C12CC3CC(C)(CC(C)(C3)C1)C2. The van der Waals surface area contributed by atoms with Crippen LogP contribution in [0.2, 0.25) is 0 Å². The number of rotatable bonds is 4. The summed E-state index contributed by atoms with van der Waals surface area (Å²) in [6.07, 6.45) is 12.2. The number of nitrogens with one attached hydrogen (secondary N) is 1. The third kappa shape index (κ3) is 1.91. The second-order valence-corrected chi connectivity index (χ2v) is 9.37. The van der Waals surface area contributed by atoms with E-state index in [1.807, 2.05) is 0 Å². The summed E-state index contributed by atoms with van der Waals surface area (Å²) in [5, 5.41) is 3.94. The van der Waals surface area contributed by atoms with Gasteiger partial charge in [0.15, 0.2) is 0 Å². The molecule has 0 aromatic rings. The Morgan fingerprint density at radius 3 is 2.11 bits per heavy atom. The Bertz CT molecular complexity index is 365. The zero-order valence-corrected chi connectivity index (χ0v) is 13.1. The third-order valence-electron chi connectivity index (χ3n) is 6.85. The van der Waals surface area contributed by atoms with E-state index in [1.54, 1.807) is 6.42 Å². The molecule has 1 N–H and O–H groups in total. The van der Waals surface area contributed by atoms with Crippen LogP contribution in [0.4, 0.5) is 0 Å². The molecule has 5 saturated carbocycles. The van der Waals surface area contributed by atoms with Gasteiger partial charge in [0.1, 0.15) is 0 Å². The molecule has 0 heterocycles. The molecule has 3 atom stereocenters. The molecule has 5 aliphatic carbocycles. The molecule has 1 nitrogen and oxygen atoms in total. The lowest BCUT2D eigenvalue weighted by Crippen LogP contribution is -2.62. The van der Waals surface area contributed by atoms with Crippen molar-refractivity contribution in [2.24, 2.45) is 28.1 Å². The molecule has 1 heteroatoms. The van der Waals surface area contributed by atoms with Gasteiger partial charge in [-0.05, 0) is 86.0 Å². The van der Waals surface area contributed by atoms with Crippen LogP contribution in [0.25, 0.3) is 0 Å². The zero-order chi connectivity index (χ0) is 13.3. The lowest BCUT2D eigenvalue weighted by atomic mass is 9.39. The zero-order valence-electron chi connectivity index (χ0n) is 13.1. The van der Waals surface area contributed by atoms with Crippen LogP contribution >= 0.6 is 0 Å². The highest BCUT2D eigenvalue weighted by atomic mass is 15.0. The van der Waals surface area contributed by atoms with Crippen LogP contribution in [0, 0.1) is 28.1 Å². The lowest BCUT2D eigenvalue weighted by molar-refractivity contribution is -0.160. The van der Waals surface area contributed by atoms with Crippen molar-refractivity contribution >= 4 is 0 Å². The van der Waals surface area contributed by atoms with Crippen LogP contribution in [-0.4, -0.2) is 12.6 Å². The van der Waals surface area contributed by atoms with E-state index in [-0.39, 0.29) is 0 Å². The Morgan fingerprint density at radius 1 is 1.00 bits per heavy atom. The third-order valence-corrected chi connectivity index (χ3v) is 6.85. The predicted molar refractivity (Wildman–Crippen MR) is 80.0 cm³/mol. The van der Waals surface area contributed by atoms with E-state index >= 15 is 0 Å². The first kappa shape index (κ1) is 12.7. The molecule has 0 saturated heterocycles. The molecular weight excluding hydrogens is 230 g/mol. The maximum atomic E-state index is 3.94. The highest BCUT2D eigenvalue weighted by Crippen LogP contribution is 2.71. The molecule has 0 aromatic carbocycles. The minimum atomic E-state index is 0.667. The Morgan fingerprint density at radius 2 is 1.63 bits per heavy atom. The van der Waals surface area contributed by atoms with E-state index in [4.69, 9.17) is 0 Å². The molecule has 5 aliphatic rings. The van der Waals surface area contributed by atoms with Gasteiger partial charge in [-0.1, -0.05) is 20.8 Å². The molecule has 0 aliphatic heterocycles. The first-order valence-electron chi connectivity index (χ1n) is 8.69. The molecule has 5 fully saturated rings. The second kappa shape index (κ2) is 3.78. The van der Waals surface area contributed by atoms with Gasteiger partial charge in [-0.2, -0.15) is 0 Å². The average molecular weight is 261 g/mol. The van der Waals surface area contributed by atoms with Crippen LogP contribution in [-0.2, 0) is 0 Å².